The van der Waals surface area contributed by atoms with Gasteiger partial charge in [0.05, 0.1) is 0 Å². The molecule has 0 unspecified atom stereocenters. The summed E-state index contributed by atoms with van der Waals surface area (Å²) in [4.78, 5) is 12.3. The lowest BCUT2D eigenvalue weighted by Crippen LogP contribution is -2.52. The molecule has 0 aromatic rings. The molecule has 1 nitrogen and oxygen atoms in total. The molecule has 0 N–H and O–H groups in total. The third kappa shape index (κ3) is 1.53. The zero-order chi connectivity index (χ0) is 14.0. The minimum absolute atomic E-state index is 0.0426. The Morgan fingerprint density at radius 3 is 2.75 bits per heavy atom. The van der Waals surface area contributed by atoms with Gasteiger partial charge in [-0.15, -0.1) is 0 Å². The van der Waals surface area contributed by atoms with Crippen LogP contribution in [0.4, 0.5) is 0 Å². The summed E-state index contributed by atoms with van der Waals surface area (Å²) in [5.74, 6) is 3.61. The summed E-state index contributed by atoms with van der Waals surface area (Å²) < 4.78 is 0. The monoisotopic (exact) mass is 272 g/mol. The Kier molecular flexibility index (Phi) is 2.76. The van der Waals surface area contributed by atoms with Crippen LogP contribution in [0.2, 0.25) is 0 Å². The molecule has 0 saturated heterocycles. The maximum atomic E-state index is 12.3. The first-order valence-corrected chi connectivity index (χ1v) is 8.78. The first kappa shape index (κ1) is 13.1. The maximum Gasteiger partial charge on any atom is 0.161 e. The number of allylic oxidation sites excluding steroid dienone is 2. The SMILES string of the molecule is C[C@@]12CCCC[C@@H]1CC[C@H]1[C@H]2CC[C@]2(C)C(=O)C=C[C@@H]12. The fourth-order valence-corrected chi connectivity index (χ4v) is 6.57. The highest BCUT2D eigenvalue weighted by molar-refractivity contribution is 5.97. The molecule has 3 saturated carbocycles. The quantitative estimate of drug-likeness (QED) is 0.621. The highest BCUT2D eigenvalue weighted by Gasteiger charge is 2.58. The molecule has 1 heteroatoms. The third-order valence-corrected chi connectivity index (χ3v) is 7.85. The summed E-state index contributed by atoms with van der Waals surface area (Å²) in [5.41, 5.74) is 0.543. The van der Waals surface area contributed by atoms with Crippen LogP contribution in [0.1, 0.15) is 65.2 Å². The Morgan fingerprint density at radius 2 is 1.90 bits per heavy atom. The van der Waals surface area contributed by atoms with Crippen molar-refractivity contribution in [2.24, 2.45) is 34.5 Å². The lowest BCUT2D eigenvalue weighted by molar-refractivity contribution is -0.136. The standard InChI is InChI=1S/C19H28O/c1-18-11-4-3-5-13(18)6-7-14-15-8-9-17(20)19(15,2)12-10-16(14)18/h8-9,13-16H,3-7,10-12H2,1-2H3/t13-,14-,15+,16-,18-,19+/m1/s1. The summed E-state index contributed by atoms with van der Waals surface area (Å²) in [7, 11) is 0. The van der Waals surface area contributed by atoms with Crippen LogP contribution < -0.4 is 0 Å². The van der Waals surface area contributed by atoms with Crippen molar-refractivity contribution in [2.75, 3.05) is 0 Å². The smallest absolute Gasteiger partial charge is 0.161 e. The Morgan fingerprint density at radius 1 is 1.05 bits per heavy atom. The second-order valence-electron chi connectivity index (χ2n) is 8.50. The van der Waals surface area contributed by atoms with Crippen LogP contribution in [-0.2, 0) is 4.79 Å². The van der Waals surface area contributed by atoms with E-state index in [1.54, 1.807) is 0 Å². The lowest BCUT2D eigenvalue weighted by Gasteiger charge is -2.59. The van der Waals surface area contributed by atoms with Crippen LogP contribution in [0.5, 0.6) is 0 Å². The van der Waals surface area contributed by atoms with Crippen molar-refractivity contribution >= 4 is 5.78 Å². The van der Waals surface area contributed by atoms with Crippen molar-refractivity contribution in [3.63, 3.8) is 0 Å². The highest BCUT2D eigenvalue weighted by atomic mass is 16.1. The van der Waals surface area contributed by atoms with E-state index in [0.717, 1.165) is 24.2 Å². The molecule has 0 radical (unpaired) electrons. The molecule has 20 heavy (non-hydrogen) atoms. The van der Waals surface area contributed by atoms with Crippen LogP contribution in [0, 0.1) is 34.5 Å². The number of carbonyl (C=O) groups is 1. The molecule has 6 atom stereocenters. The van der Waals surface area contributed by atoms with Gasteiger partial charge in [0, 0.05) is 5.41 Å². The number of hydrogen-bond acceptors (Lipinski definition) is 1. The normalized spacial score (nSPS) is 54.2. The van der Waals surface area contributed by atoms with Crippen molar-refractivity contribution < 1.29 is 4.79 Å². The third-order valence-electron chi connectivity index (χ3n) is 7.85. The van der Waals surface area contributed by atoms with Gasteiger partial charge >= 0.3 is 0 Å². The van der Waals surface area contributed by atoms with E-state index in [9.17, 15) is 4.79 Å². The summed E-state index contributed by atoms with van der Waals surface area (Å²) in [6.45, 7) is 4.84. The van der Waals surface area contributed by atoms with Gasteiger partial charge in [0.2, 0.25) is 0 Å². The number of rotatable bonds is 0. The van der Waals surface area contributed by atoms with E-state index < -0.39 is 0 Å². The molecule has 110 valence electrons. The van der Waals surface area contributed by atoms with Crippen molar-refractivity contribution in [1.29, 1.82) is 0 Å². The van der Waals surface area contributed by atoms with Crippen molar-refractivity contribution in [3.05, 3.63) is 12.2 Å². The first-order valence-electron chi connectivity index (χ1n) is 8.78. The molecule has 0 aromatic carbocycles. The van der Waals surface area contributed by atoms with Crippen LogP contribution in [0.25, 0.3) is 0 Å². The van der Waals surface area contributed by atoms with Gasteiger partial charge in [0.1, 0.15) is 0 Å². The molecule has 4 rings (SSSR count). The Bertz CT molecular complexity index is 464. The van der Waals surface area contributed by atoms with E-state index in [2.05, 4.69) is 19.9 Å². The number of ketones is 1. The highest BCUT2D eigenvalue weighted by Crippen LogP contribution is 2.64. The van der Waals surface area contributed by atoms with Gasteiger partial charge in [-0.3, -0.25) is 4.79 Å². The van der Waals surface area contributed by atoms with E-state index >= 15 is 0 Å². The van der Waals surface area contributed by atoms with E-state index in [4.69, 9.17) is 0 Å². The van der Waals surface area contributed by atoms with Gasteiger partial charge in [-0.2, -0.15) is 0 Å². The minimum atomic E-state index is -0.0426. The van der Waals surface area contributed by atoms with Gasteiger partial charge in [0.15, 0.2) is 5.78 Å². The molecule has 4 aliphatic rings. The molecular formula is C19H28O. The molecule has 4 aliphatic carbocycles. The molecule has 0 bridgehead atoms. The Labute approximate surface area is 123 Å². The first-order chi connectivity index (χ1) is 9.56. The van der Waals surface area contributed by atoms with Gasteiger partial charge in [0.25, 0.3) is 0 Å². The maximum absolute atomic E-state index is 12.3. The molecule has 0 amide bonds. The number of carbonyl (C=O) groups excluding carboxylic acids is 1. The zero-order valence-electron chi connectivity index (χ0n) is 13.0. The second kappa shape index (κ2) is 4.21. The fourth-order valence-electron chi connectivity index (χ4n) is 6.57. The molecule has 0 aliphatic heterocycles. The molecule has 0 aromatic heterocycles. The summed E-state index contributed by atoms with van der Waals surface area (Å²) in [6, 6.07) is 0. The largest absolute Gasteiger partial charge is 0.294 e. The van der Waals surface area contributed by atoms with Gasteiger partial charge in [-0.25, -0.2) is 0 Å². The predicted molar refractivity (Wildman–Crippen MR) is 81.3 cm³/mol. The van der Waals surface area contributed by atoms with Crippen molar-refractivity contribution in [3.8, 4) is 0 Å². The molecule has 3 fully saturated rings. The van der Waals surface area contributed by atoms with Crippen molar-refractivity contribution in [1.82, 2.24) is 0 Å². The van der Waals surface area contributed by atoms with Crippen LogP contribution >= 0.6 is 0 Å². The van der Waals surface area contributed by atoms with Crippen molar-refractivity contribution in [2.45, 2.75) is 65.2 Å². The zero-order valence-corrected chi connectivity index (χ0v) is 13.0. The topological polar surface area (TPSA) is 17.1 Å². The molecule has 0 heterocycles. The average Bonchev–Trinajstić information content (AvgIpc) is 2.74. The minimum Gasteiger partial charge on any atom is -0.294 e. The van der Waals surface area contributed by atoms with Crippen LogP contribution in [0.3, 0.4) is 0 Å². The van der Waals surface area contributed by atoms with Crippen LogP contribution in [0.15, 0.2) is 12.2 Å². The van der Waals surface area contributed by atoms with Crippen LogP contribution in [-0.4, -0.2) is 5.78 Å². The Balaban J connectivity index is 1.68. The van der Waals surface area contributed by atoms with Gasteiger partial charge in [-0.05, 0) is 73.7 Å². The predicted octanol–water partition coefficient (Wildman–Crippen LogP) is 4.76. The average molecular weight is 272 g/mol. The fraction of sp³-hybridized carbons (Fsp3) is 0.842. The Hall–Kier alpha value is -0.590. The van der Waals surface area contributed by atoms with Gasteiger partial charge in [-0.1, -0.05) is 32.8 Å². The van der Waals surface area contributed by atoms with Gasteiger partial charge < -0.3 is 0 Å². The number of hydrogen-bond donors (Lipinski definition) is 0. The van der Waals surface area contributed by atoms with E-state index in [0.29, 0.717) is 17.1 Å². The number of fused-ring (bicyclic) bond motifs is 5. The molecular weight excluding hydrogens is 244 g/mol. The summed E-state index contributed by atoms with van der Waals surface area (Å²) >= 11 is 0. The van der Waals surface area contributed by atoms with E-state index in [1.165, 1.54) is 44.9 Å². The summed E-state index contributed by atoms with van der Waals surface area (Å²) in [6.07, 6.45) is 15.2. The summed E-state index contributed by atoms with van der Waals surface area (Å²) in [5, 5.41) is 0. The lowest BCUT2D eigenvalue weighted by atomic mass is 9.45. The second-order valence-corrected chi connectivity index (χ2v) is 8.50. The van der Waals surface area contributed by atoms with E-state index in [-0.39, 0.29) is 5.41 Å². The molecule has 0 spiro atoms. The van der Waals surface area contributed by atoms with E-state index in [1.807, 2.05) is 6.08 Å².